The zero-order valence-corrected chi connectivity index (χ0v) is 12.6. The molecule has 0 aromatic rings. The van der Waals surface area contributed by atoms with Crippen molar-refractivity contribution < 1.29 is 38.9 Å². The largest absolute Gasteiger partial charge is 0.516 e. The van der Waals surface area contributed by atoms with Crippen molar-refractivity contribution in [2.75, 3.05) is 13.2 Å². The first-order chi connectivity index (χ1) is 10.8. The van der Waals surface area contributed by atoms with E-state index in [0.29, 0.717) is 6.61 Å². The molecule has 0 bridgehead atoms. The van der Waals surface area contributed by atoms with Gasteiger partial charge in [0.1, 0.15) is 6.61 Å². The van der Waals surface area contributed by atoms with Crippen molar-refractivity contribution in [3.8, 4) is 0 Å². The second-order valence-electron chi connectivity index (χ2n) is 2.62. The third kappa shape index (κ3) is 69.3. The van der Waals surface area contributed by atoms with E-state index in [1.807, 2.05) is 0 Å². The first-order valence-electron chi connectivity index (χ1n) is 5.67. The normalized spacial score (nSPS) is 7.35. The maximum absolute atomic E-state index is 10.2. The summed E-state index contributed by atoms with van der Waals surface area (Å²) in [6.45, 7) is 8.28. The summed E-state index contributed by atoms with van der Waals surface area (Å²) in [6.07, 6.45) is 4.06. The van der Waals surface area contributed by atoms with Crippen LogP contribution in [-0.2, 0) is 23.9 Å². The third-order valence-corrected chi connectivity index (χ3v) is 1.06. The quantitative estimate of drug-likeness (QED) is 0.190. The molecule has 1 amide bonds. The first-order valence-corrected chi connectivity index (χ1v) is 5.67. The van der Waals surface area contributed by atoms with Gasteiger partial charge in [0.25, 0.3) is 0 Å². The van der Waals surface area contributed by atoms with E-state index in [1.165, 1.54) is 6.08 Å². The van der Waals surface area contributed by atoms with Gasteiger partial charge in [-0.2, -0.15) is 0 Å². The fourth-order valence-corrected chi connectivity index (χ4v) is 0.374. The molecule has 0 aliphatic carbocycles. The second-order valence-corrected chi connectivity index (χ2v) is 2.62. The Bertz CT molecular complexity index is 412. The molecule has 0 fully saturated rings. The number of hydrogen-bond acceptors (Lipinski definition) is 8. The van der Waals surface area contributed by atoms with Crippen LogP contribution < -0.4 is 5.73 Å². The third-order valence-electron chi connectivity index (χ3n) is 1.06. The smallest absolute Gasteiger partial charge is 0.404 e. The molecule has 10 nitrogen and oxygen atoms in total. The number of esters is 1. The van der Waals surface area contributed by atoms with Crippen LogP contribution in [-0.4, -0.2) is 47.5 Å². The SMILES string of the molecule is C=CC(=O)O.C=CC(=O)OCC=CO.CCOC(N)=O.N=C=O. The number of nitrogens with two attached hydrogens (primary N) is 1. The number of nitrogens with one attached hydrogen (secondary N) is 1. The first kappa shape index (κ1) is 27.9. The summed E-state index contributed by atoms with van der Waals surface area (Å²) in [5, 5.41) is 21.1. The molecule has 0 saturated carbocycles. The highest BCUT2D eigenvalue weighted by atomic mass is 16.5. The van der Waals surface area contributed by atoms with E-state index in [1.54, 1.807) is 6.92 Å². The lowest BCUT2D eigenvalue weighted by molar-refractivity contribution is -0.136. The van der Waals surface area contributed by atoms with Gasteiger partial charge >= 0.3 is 18.0 Å². The number of rotatable bonds is 5. The predicted octanol–water partition coefficient (Wildman–Crippen LogP) is 1.05. The van der Waals surface area contributed by atoms with Crippen molar-refractivity contribution in [3.63, 3.8) is 0 Å². The molecule has 5 N–H and O–H groups in total. The molecule has 10 heteroatoms. The minimum absolute atomic E-state index is 0.0847. The Morgan fingerprint density at radius 2 is 1.70 bits per heavy atom. The zero-order valence-electron chi connectivity index (χ0n) is 12.6. The summed E-state index contributed by atoms with van der Waals surface area (Å²) in [6, 6.07) is 0. The molecule has 0 unspecified atom stereocenters. The molecular weight excluding hydrogens is 312 g/mol. The van der Waals surface area contributed by atoms with E-state index in [4.69, 9.17) is 20.4 Å². The minimum atomic E-state index is -0.981. The van der Waals surface area contributed by atoms with Gasteiger partial charge in [0.15, 0.2) is 0 Å². The van der Waals surface area contributed by atoms with Crippen molar-refractivity contribution in [2.24, 2.45) is 5.73 Å². The number of aliphatic hydroxyl groups is 1. The molecule has 0 rings (SSSR count). The Morgan fingerprint density at radius 3 is 1.87 bits per heavy atom. The standard InChI is InChI=1S/C6H8O3.C3H7NO2.C3H4O2.CHNO/c1-2-6(8)9-5-3-4-7;1-2-6-3(4)5;1-2-3(4)5;2-1-3/h2-4,7H,1,5H2;2H2,1H3,(H2,4,5);2H,1H2,(H,4,5);2H. The highest BCUT2D eigenvalue weighted by molar-refractivity contribution is 5.81. The van der Waals surface area contributed by atoms with Crippen LogP contribution in [0.1, 0.15) is 6.92 Å². The molecule has 0 heterocycles. The highest BCUT2D eigenvalue weighted by Gasteiger charge is 1.88. The number of carboxylic acids is 1. The van der Waals surface area contributed by atoms with Crippen LogP contribution in [0.15, 0.2) is 37.6 Å². The molecule has 23 heavy (non-hydrogen) atoms. The summed E-state index contributed by atoms with van der Waals surface area (Å²) < 4.78 is 8.61. The summed E-state index contributed by atoms with van der Waals surface area (Å²) in [5.41, 5.74) is 4.54. The van der Waals surface area contributed by atoms with Crippen LogP contribution in [0, 0.1) is 5.41 Å². The Morgan fingerprint density at radius 1 is 1.26 bits per heavy atom. The number of amides is 1. The number of aliphatic hydroxyl groups excluding tert-OH is 1. The van der Waals surface area contributed by atoms with Crippen LogP contribution in [0.5, 0.6) is 0 Å². The van der Waals surface area contributed by atoms with Crippen LogP contribution in [0.25, 0.3) is 0 Å². The lowest BCUT2D eigenvalue weighted by Crippen LogP contribution is -2.11. The molecule has 0 atom stereocenters. The lowest BCUT2D eigenvalue weighted by atomic mass is 10.6. The molecule has 130 valence electrons. The summed E-state index contributed by atoms with van der Waals surface area (Å²) in [5.74, 6) is -1.47. The number of aliphatic carboxylic acids is 1. The topological polar surface area (TPSA) is 177 Å². The average Bonchev–Trinajstić information content (AvgIpc) is 2.49. The Labute approximate surface area is 133 Å². The fourth-order valence-electron chi connectivity index (χ4n) is 0.374. The van der Waals surface area contributed by atoms with E-state index in [9.17, 15) is 14.4 Å². The van der Waals surface area contributed by atoms with E-state index < -0.39 is 18.0 Å². The Kier molecular flexibility index (Phi) is 32.8. The van der Waals surface area contributed by atoms with E-state index >= 15 is 0 Å². The van der Waals surface area contributed by atoms with Gasteiger partial charge in [-0.15, -0.1) is 0 Å². The van der Waals surface area contributed by atoms with Crippen LogP contribution >= 0.6 is 0 Å². The zero-order chi connectivity index (χ0) is 19.1. The molecular formula is C13H20N2O8. The molecule has 0 aromatic heterocycles. The van der Waals surface area contributed by atoms with Gasteiger partial charge in [-0.25, -0.2) is 24.6 Å². The number of carbonyl (C=O) groups is 3. The monoisotopic (exact) mass is 332 g/mol. The molecule has 0 spiro atoms. The second kappa shape index (κ2) is 27.0. The molecule has 0 saturated heterocycles. The summed E-state index contributed by atoms with van der Waals surface area (Å²) in [7, 11) is 0. The molecule has 0 radical (unpaired) electrons. The Balaban J connectivity index is -0.000000113. The minimum Gasteiger partial charge on any atom is -0.516 e. The van der Waals surface area contributed by atoms with Gasteiger partial charge in [0.2, 0.25) is 6.08 Å². The summed E-state index contributed by atoms with van der Waals surface area (Å²) in [4.78, 5) is 37.4. The molecule has 0 aliphatic heterocycles. The highest BCUT2D eigenvalue weighted by Crippen LogP contribution is 1.78. The van der Waals surface area contributed by atoms with Crippen LogP contribution in [0.2, 0.25) is 0 Å². The van der Waals surface area contributed by atoms with Crippen LogP contribution in [0.4, 0.5) is 4.79 Å². The van der Waals surface area contributed by atoms with E-state index in [0.717, 1.165) is 24.5 Å². The van der Waals surface area contributed by atoms with E-state index in [2.05, 4.69) is 28.4 Å². The average molecular weight is 332 g/mol. The maximum atomic E-state index is 10.2. The number of primary amides is 1. The van der Waals surface area contributed by atoms with Crippen molar-refractivity contribution in [1.82, 2.24) is 0 Å². The van der Waals surface area contributed by atoms with Gasteiger partial charge in [-0.05, 0) is 13.0 Å². The van der Waals surface area contributed by atoms with Gasteiger partial charge in [-0.1, -0.05) is 13.2 Å². The number of isocyanates is 1. The van der Waals surface area contributed by atoms with E-state index in [-0.39, 0.29) is 6.61 Å². The van der Waals surface area contributed by atoms with Gasteiger partial charge in [0, 0.05) is 12.2 Å². The molecule has 0 aromatic carbocycles. The number of hydrogen-bond donors (Lipinski definition) is 4. The maximum Gasteiger partial charge on any atom is 0.404 e. The van der Waals surface area contributed by atoms with Gasteiger partial charge in [-0.3, -0.25) is 0 Å². The van der Waals surface area contributed by atoms with Gasteiger partial charge in [0.05, 0.1) is 12.9 Å². The summed E-state index contributed by atoms with van der Waals surface area (Å²) >= 11 is 0. The van der Waals surface area contributed by atoms with Crippen LogP contribution in [0.3, 0.4) is 0 Å². The van der Waals surface area contributed by atoms with Crippen molar-refractivity contribution in [3.05, 3.63) is 37.6 Å². The number of carbonyl (C=O) groups excluding carboxylic acids is 3. The van der Waals surface area contributed by atoms with Crippen molar-refractivity contribution in [2.45, 2.75) is 6.92 Å². The molecule has 0 aliphatic rings. The lowest BCUT2D eigenvalue weighted by Gasteiger charge is -1.92. The number of ether oxygens (including phenoxy) is 2. The fraction of sp³-hybridized carbons (Fsp3) is 0.231. The predicted molar refractivity (Wildman–Crippen MR) is 80.4 cm³/mol. The van der Waals surface area contributed by atoms with Crippen molar-refractivity contribution in [1.29, 1.82) is 5.41 Å². The van der Waals surface area contributed by atoms with Crippen molar-refractivity contribution >= 4 is 24.1 Å². The van der Waals surface area contributed by atoms with Gasteiger partial charge < -0.3 is 25.4 Å². The Hall–Kier alpha value is -3.39. The number of carboxylic acid groups (broad SMARTS) is 1.